The number of hydrogen-bond donors (Lipinski definition) is 2. The van der Waals surface area contributed by atoms with Crippen LogP contribution in [0.4, 0.5) is 0 Å². The number of carbonyl (C=O) groups excluding carboxylic acids is 1. The largest absolute Gasteiger partial charge is 0.396 e. The minimum absolute atomic E-state index is 0.0651. The Hall–Kier alpha value is -1.62. The van der Waals surface area contributed by atoms with Gasteiger partial charge < -0.3 is 15.0 Å². The fraction of sp³-hybridized carbons (Fsp3) is 0.647. The van der Waals surface area contributed by atoms with Crippen molar-refractivity contribution in [3.8, 4) is 0 Å². The second-order valence-corrected chi connectivity index (χ2v) is 6.79. The first-order valence-electron chi connectivity index (χ1n) is 7.98. The number of aliphatic hydroxyl groups excluding tert-OH is 1. The minimum Gasteiger partial charge on any atom is -0.396 e. The van der Waals surface area contributed by atoms with Crippen LogP contribution in [0.3, 0.4) is 0 Å². The van der Waals surface area contributed by atoms with E-state index in [1.54, 1.807) is 19.3 Å². The zero-order chi connectivity index (χ0) is 16.3. The third-order valence-corrected chi connectivity index (χ3v) is 4.88. The van der Waals surface area contributed by atoms with Crippen molar-refractivity contribution in [1.29, 1.82) is 0 Å². The van der Waals surface area contributed by atoms with E-state index in [0.29, 0.717) is 5.56 Å². The highest BCUT2D eigenvalue weighted by molar-refractivity contribution is 5.94. The van der Waals surface area contributed by atoms with E-state index in [9.17, 15) is 14.7 Å². The van der Waals surface area contributed by atoms with Gasteiger partial charge in [-0.3, -0.25) is 9.59 Å². The van der Waals surface area contributed by atoms with Crippen LogP contribution >= 0.6 is 0 Å². The molecule has 0 aromatic carbocycles. The van der Waals surface area contributed by atoms with E-state index in [1.807, 2.05) is 0 Å². The lowest BCUT2D eigenvalue weighted by atomic mass is 9.74. The Morgan fingerprint density at radius 3 is 2.50 bits per heavy atom. The second-order valence-electron chi connectivity index (χ2n) is 6.79. The van der Waals surface area contributed by atoms with Crippen LogP contribution in [0.15, 0.2) is 23.1 Å². The summed E-state index contributed by atoms with van der Waals surface area (Å²) in [6.07, 6.45) is 5.63. The molecule has 5 nitrogen and oxygen atoms in total. The Morgan fingerprint density at radius 1 is 1.36 bits per heavy atom. The summed E-state index contributed by atoms with van der Waals surface area (Å²) in [5.74, 6) is 0.0516. The van der Waals surface area contributed by atoms with Crippen LogP contribution in [0.5, 0.6) is 0 Å². The molecular formula is C17H26N2O3. The normalized spacial score (nSPS) is 18.4. The maximum absolute atomic E-state index is 12.5. The zero-order valence-corrected chi connectivity index (χ0v) is 13.6. The van der Waals surface area contributed by atoms with E-state index in [0.717, 1.165) is 25.7 Å². The first-order valence-corrected chi connectivity index (χ1v) is 7.98. The monoisotopic (exact) mass is 306 g/mol. The smallest absolute Gasteiger partial charge is 0.253 e. The molecule has 1 aromatic rings. The molecular weight excluding hydrogens is 280 g/mol. The molecule has 1 aliphatic rings. The summed E-state index contributed by atoms with van der Waals surface area (Å²) < 4.78 is 1.40. The molecule has 2 rings (SSSR count). The highest BCUT2D eigenvalue weighted by atomic mass is 16.3. The van der Waals surface area contributed by atoms with Crippen LogP contribution in [0, 0.1) is 11.3 Å². The van der Waals surface area contributed by atoms with Crippen LogP contribution in [-0.2, 0) is 7.05 Å². The van der Waals surface area contributed by atoms with Crippen molar-refractivity contribution < 1.29 is 9.90 Å². The molecule has 122 valence electrons. The Morgan fingerprint density at radius 2 is 2.00 bits per heavy atom. The van der Waals surface area contributed by atoms with E-state index in [1.165, 1.54) is 10.6 Å². The lowest BCUT2D eigenvalue weighted by Crippen LogP contribution is -2.51. The average molecular weight is 306 g/mol. The quantitative estimate of drug-likeness (QED) is 0.869. The fourth-order valence-electron chi connectivity index (χ4n) is 3.63. The molecule has 1 aliphatic carbocycles. The molecule has 22 heavy (non-hydrogen) atoms. The molecule has 1 heterocycles. The lowest BCUT2D eigenvalue weighted by Gasteiger charge is -2.39. The van der Waals surface area contributed by atoms with E-state index >= 15 is 0 Å². The second kappa shape index (κ2) is 6.65. The van der Waals surface area contributed by atoms with Gasteiger partial charge in [-0.05, 0) is 24.8 Å². The van der Waals surface area contributed by atoms with Gasteiger partial charge >= 0.3 is 0 Å². The van der Waals surface area contributed by atoms with Gasteiger partial charge in [-0.15, -0.1) is 0 Å². The predicted octanol–water partition coefficient (Wildman–Crippen LogP) is 1.69. The summed E-state index contributed by atoms with van der Waals surface area (Å²) >= 11 is 0. The summed E-state index contributed by atoms with van der Waals surface area (Å²) in [5, 5.41) is 13.0. The molecule has 0 saturated heterocycles. The van der Waals surface area contributed by atoms with Gasteiger partial charge in [0.15, 0.2) is 0 Å². The van der Waals surface area contributed by atoms with Gasteiger partial charge in [-0.1, -0.05) is 26.7 Å². The molecule has 1 unspecified atom stereocenters. The summed E-state index contributed by atoms with van der Waals surface area (Å²) in [6.45, 7) is 4.24. The van der Waals surface area contributed by atoms with Gasteiger partial charge in [-0.25, -0.2) is 0 Å². The number of carbonyl (C=O) groups is 1. The Kier molecular flexibility index (Phi) is 5.06. The number of nitrogens with one attached hydrogen (secondary N) is 1. The maximum Gasteiger partial charge on any atom is 0.253 e. The topological polar surface area (TPSA) is 71.3 Å². The SMILES string of the molecule is CC(C)C(NC(=O)c1ccc(=O)n(C)c1)C1(CO)CCCC1. The number of aryl methyl sites for hydroxylation is 1. The van der Waals surface area contributed by atoms with Gasteiger partial charge in [0.1, 0.15) is 0 Å². The third-order valence-electron chi connectivity index (χ3n) is 4.88. The van der Waals surface area contributed by atoms with Gasteiger partial charge in [0, 0.05) is 30.8 Å². The zero-order valence-electron chi connectivity index (χ0n) is 13.6. The molecule has 1 aromatic heterocycles. The van der Waals surface area contributed by atoms with Crippen LogP contribution in [0.2, 0.25) is 0 Å². The highest BCUT2D eigenvalue weighted by Crippen LogP contribution is 2.43. The van der Waals surface area contributed by atoms with Crippen molar-refractivity contribution in [3.63, 3.8) is 0 Å². The van der Waals surface area contributed by atoms with E-state index in [4.69, 9.17) is 0 Å². The van der Waals surface area contributed by atoms with Crippen molar-refractivity contribution in [1.82, 2.24) is 9.88 Å². The van der Waals surface area contributed by atoms with Crippen LogP contribution in [0.1, 0.15) is 49.9 Å². The number of amides is 1. The number of pyridine rings is 1. The lowest BCUT2D eigenvalue weighted by molar-refractivity contribution is 0.0568. The van der Waals surface area contributed by atoms with E-state index in [2.05, 4.69) is 19.2 Å². The molecule has 0 aliphatic heterocycles. The van der Waals surface area contributed by atoms with Crippen LogP contribution in [0.25, 0.3) is 0 Å². The molecule has 1 atom stereocenters. The molecule has 5 heteroatoms. The predicted molar refractivity (Wildman–Crippen MR) is 85.8 cm³/mol. The van der Waals surface area contributed by atoms with Crippen LogP contribution in [-0.4, -0.2) is 28.2 Å². The van der Waals surface area contributed by atoms with E-state index in [-0.39, 0.29) is 35.4 Å². The molecule has 0 spiro atoms. The number of nitrogens with zero attached hydrogens (tertiary/aromatic N) is 1. The number of aliphatic hydroxyl groups is 1. The minimum atomic E-state index is -0.218. The summed E-state index contributed by atoms with van der Waals surface area (Å²) in [7, 11) is 1.63. The van der Waals surface area contributed by atoms with Gasteiger partial charge in [0.05, 0.1) is 12.2 Å². The van der Waals surface area contributed by atoms with E-state index < -0.39 is 0 Å². The van der Waals surface area contributed by atoms with Gasteiger partial charge in [-0.2, -0.15) is 0 Å². The van der Waals surface area contributed by atoms with Crippen molar-refractivity contribution >= 4 is 5.91 Å². The molecule has 2 N–H and O–H groups in total. The summed E-state index contributed by atoms with van der Waals surface area (Å²) in [5.41, 5.74) is 0.114. The summed E-state index contributed by atoms with van der Waals surface area (Å²) in [4.78, 5) is 24.0. The Bertz CT molecular complexity index is 586. The first kappa shape index (κ1) is 16.7. The van der Waals surface area contributed by atoms with Gasteiger partial charge in [0.2, 0.25) is 5.56 Å². The average Bonchev–Trinajstić information content (AvgIpc) is 2.96. The van der Waals surface area contributed by atoms with Crippen molar-refractivity contribution in [2.75, 3.05) is 6.61 Å². The Labute approximate surface area is 131 Å². The number of aromatic nitrogens is 1. The maximum atomic E-state index is 12.5. The number of hydrogen-bond acceptors (Lipinski definition) is 3. The van der Waals surface area contributed by atoms with Crippen LogP contribution < -0.4 is 10.9 Å². The molecule has 1 amide bonds. The van der Waals surface area contributed by atoms with Gasteiger partial charge in [0.25, 0.3) is 5.91 Å². The standard InChI is InChI=1S/C17H26N2O3/c1-12(2)15(17(11-20)8-4-5-9-17)18-16(22)13-6-7-14(21)19(3)10-13/h6-7,10,12,15,20H,4-5,8-9,11H2,1-3H3,(H,18,22). The highest BCUT2D eigenvalue weighted by Gasteiger charge is 2.43. The first-order chi connectivity index (χ1) is 10.4. The molecule has 0 bridgehead atoms. The Balaban J connectivity index is 2.22. The van der Waals surface area contributed by atoms with Crippen molar-refractivity contribution in [2.24, 2.45) is 18.4 Å². The molecule has 0 radical (unpaired) electrons. The summed E-state index contributed by atoms with van der Waals surface area (Å²) in [6, 6.07) is 2.89. The number of rotatable bonds is 5. The third kappa shape index (κ3) is 3.24. The van der Waals surface area contributed by atoms with Crippen molar-refractivity contribution in [2.45, 2.75) is 45.6 Å². The fourth-order valence-corrected chi connectivity index (χ4v) is 3.63. The molecule has 1 saturated carbocycles. The molecule has 1 fully saturated rings. The van der Waals surface area contributed by atoms with Crippen molar-refractivity contribution in [3.05, 3.63) is 34.2 Å².